The summed E-state index contributed by atoms with van der Waals surface area (Å²) in [6, 6.07) is 10.5. The predicted octanol–water partition coefficient (Wildman–Crippen LogP) is 6.65. The number of carbonyl (C=O) groups excluding carboxylic acids is 3. The third-order valence-electron chi connectivity index (χ3n) is 7.39. The average molecular weight is 744 g/mol. The van der Waals surface area contributed by atoms with Gasteiger partial charge in [-0.05, 0) is 70.8 Å². The third kappa shape index (κ3) is 9.04. The number of aliphatic carboxylic acids is 1. The van der Waals surface area contributed by atoms with Gasteiger partial charge in [0, 0.05) is 30.6 Å². The summed E-state index contributed by atoms with van der Waals surface area (Å²) < 4.78 is 85.5. The van der Waals surface area contributed by atoms with Crippen molar-refractivity contribution in [3.8, 4) is 22.3 Å². The molecule has 0 saturated carbocycles. The maximum atomic E-state index is 14.4. The van der Waals surface area contributed by atoms with Gasteiger partial charge in [0.2, 0.25) is 5.91 Å². The van der Waals surface area contributed by atoms with Gasteiger partial charge in [-0.2, -0.15) is 26.3 Å². The zero-order valence-electron chi connectivity index (χ0n) is 26.6. The Kier molecular flexibility index (Phi) is 11.1. The molecular formula is C35H23F6N3O9. The molecule has 0 aromatic heterocycles. The normalized spacial score (nSPS) is 11.5. The zero-order chi connectivity index (χ0) is 39.4. The number of amides is 3. The highest BCUT2D eigenvalue weighted by Crippen LogP contribution is 2.44. The van der Waals surface area contributed by atoms with E-state index in [-0.39, 0.29) is 22.3 Å². The van der Waals surface area contributed by atoms with E-state index in [1.807, 2.05) is 5.32 Å². The molecule has 4 aromatic rings. The molecule has 0 aliphatic carbocycles. The fourth-order valence-corrected chi connectivity index (χ4v) is 5.04. The van der Waals surface area contributed by atoms with Crippen molar-refractivity contribution in [1.82, 2.24) is 5.32 Å². The molecule has 12 nitrogen and oxygen atoms in total. The number of halogens is 6. The molecule has 0 saturated heterocycles. The number of rotatable bonds is 10. The number of carboxylic acid groups (broad SMARTS) is 3. The molecule has 18 heteroatoms. The monoisotopic (exact) mass is 743 g/mol. The smallest absolute Gasteiger partial charge is 0.417 e. The summed E-state index contributed by atoms with van der Waals surface area (Å²) in [6.07, 6.45) is -9.63. The summed E-state index contributed by atoms with van der Waals surface area (Å²) in [5, 5.41) is 34.2. The number of hydrogen-bond acceptors (Lipinski definition) is 6. The van der Waals surface area contributed by atoms with Crippen molar-refractivity contribution in [2.24, 2.45) is 0 Å². The molecule has 0 aliphatic rings. The van der Waals surface area contributed by atoms with E-state index in [4.69, 9.17) is 5.11 Å². The van der Waals surface area contributed by atoms with E-state index in [0.717, 1.165) is 30.3 Å². The molecule has 0 radical (unpaired) electrons. The number of carboxylic acids is 3. The molecule has 0 unspecified atom stereocenters. The summed E-state index contributed by atoms with van der Waals surface area (Å²) in [6.45, 7) is 0. The minimum absolute atomic E-state index is 0.103. The van der Waals surface area contributed by atoms with Gasteiger partial charge in [-0.25, -0.2) is 14.4 Å². The molecule has 4 aromatic carbocycles. The first-order chi connectivity index (χ1) is 24.7. The summed E-state index contributed by atoms with van der Waals surface area (Å²) >= 11 is 0. The van der Waals surface area contributed by atoms with Gasteiger partial charge in [0.15, 0.2) is 0 Å². The molecule has 6 N–H and O–H groups in total. The van der Waals surface area contributed by atoms with Crippen LogP contribution in [0.4, 0.5) is 37.7 Å². The Bertz CT molecular complexity index is 2210. The molecule has 0 aliphatic heterocycles. The van der Waals surface area contributed by atoms with Crippen LogP contribution < -0.4 is 16.0 Å². The summed E-state index contributed by atoms with van der Waals surface area (Å²) in [5.74, 6) is -7.72. The minimum Gasteiger partial charge on any atom is -0.478 e. The highest BCUT2D eigenvalue weighted by atomic mass is 19.4. The lowest BCUT2D eigenvalue weighted by molar-refractivity contribution is -0.139. The van der Waals surface area contributed by atoms with Crippen LogP contribution in [0.3, 0.4) is 0 Å². The minimum atomic E-state index is -5.30. The van der Waals surface area contributed by atoms with Gasteiger partial charge in [-0.15, -0.1) is 0 Å². The quantitative estimate of drug-likeness (QED) is 0.0761. The molecule has 0 fully saturated rings. The SMILES string of the molecule is CNC(=O)c1cc(-c2ccc(C(=O)O)c(C(=O)Nc3ccc(-c4ccc(NC(=O)C=CC(=O)O)cc4C(F)(F)F)c(C(F)(F)F)c3)c2)ccc1C(=O)O. The maximum absolute atomic E-state index is 14.4. The van der Waals surface area contributed by atoms with E-state index in [1.165, 1.54) is 25.2 Å². The second-order valence-electron chi connectivity index (χ2n) is 10.8. The first kappa shape index (κ1) is 38.8. The molecule has 53 heavy (non-hydrogen) atoms. The van der Waals surface area contributed by atoms with Gasteiger partial charge < -0.3 is 31.3 Å². The van der Waals surface area contributed by atoms with Gasteiger partial charge in [0.25, 0.3) is 11.8 Å². The van der Waals surface area contributed by atoms with Crippen molar-refractivity contribution in [3.63, 3.8) is 0 Å². The number of benzene rings is 4. The van der Waals surface area contributed by atoms with Crippen molar-refractivity contribution in [2.75, 3.05) is 17.7 Å². The Morgan fingerprint density at radius 3 is 1.38 bits per heavy atom. The highest BCUT2D eigenvalue weighted by molar-refractivity contribution is 6.12. The Morgan fingerprint density at radius 1 is 0.547 bits per heavy atom. The van der Waals surface area contributed by atoms with Crippen LogP contribution in [0.2, 0.25) is 0 Å². The van der Waals surface area contributed by atoms with Crippen molar-refractivity contribution in [2.45, 2.75) is 12.4 Å². The van der Waals surface area contributed by atoms with Gasteiger partial charge in [0.1, 0.15) is 0 Å². The zero-order valence-corrected chi connectivity index (χ0v) is 26.6. The molecule has 0 heterocycles. The molecule has 0 bridgehead atoms. The van der Waals surface area contributed by atoms with Crippen LogP contribution in [0.5, 0.6) is 0 Å². The molecule has 0 spiro atoms. The number of alkyl halides is 6. The van der Waals surface area contributed by atoms with Crippen LogP contribution in [0.1, 0.15) is 52.6 Å². The van der Waals surface area contributed by atoms with Crippen molar-refractivity contribution in [1.29, 1.82) is 0 Å². The lowest BCUT2D eigenvalue weighted by Gasteiger charge is -2.20. The number of hydrogen-bond donors (Lipinski definition) is 6. The van der Waals surface area contributed by atoms with E-state index in [0.29, 0.717) is 36.4 Å². The fourth-order valence-electron chi connectivity index (χ4n) is 5.04. The molecule has 4 rings (SSSR count). The maximum Gasteiger partial charge on any atom is 0.417 e. The second kappa shape index (κ2) is 15.1. The topological polar surface area (TPSA) is 199 Å². The van der Waals surface area contributed by atoms with Crippen molar-refractivity contribution in [3.05, 3.63) is 118 Å². The van der Waals surface area contributed by atoms with E-state index in [1.54, 1.807) is 0 Å². The molecular weight excluding hydrogens is 720 g/mol. The van der Waals surface area contributed by atoms with Crippen LogP contribution in [0, 0.1) is 0 Å². The number of aromatic carboxylic acids is 2. The van der Waals surface area contributed by atoms with Crippen molar-refractivity contribution >= 4 is 47.0 Å². The van der Waals surface area contributed by atoms with Crippen molar-refractivity contribution < 1.29 is 70.4 Å². The number of anilines is 2. The first-order valence-electron chi connectivity index (χ1n) is 14.6. The Labute approximate surface area is 293 Å². The van der Waals surface area contributed by atoms with Crippen LogP contribution in [-0.2, 0) is 21.9 Å². The first-order valence-corrected chi connectivity index (χ1v) is 14.6. The summed E-state index contributed by atoms with van der Waals surface area (Å²) in [4.78, 5) is 71.8. The standard InChI is InChI=1S/C35H23F6N3O9/c1-42-30(48)24-12-16(2-6-22(24)32(50)51)17-3-7-23(33(52)53)25(13-17)31(49)44-19-5-9-21(27(15-19)35(39,40)41)20-8-4-18(14-26(20)34(36,37)38)43-28(45)10-11-29(46)47/h2-15H,1H3,(H,42,48)(H,43,45)(H,44,49)(H,46,47)(H,50,51)(H,52,53). The van der Waals surface area contributed by atoms with Crippen LogP contribution in [0.15, 0.2) is 84.9 Å². The van der Waals surface area contributed by atoms with Crippen LogP contribution in [0.25, 0.3) is 22.3 Å². The van der Waals surface area contributed by atoms with Crippen LogP contribution >= 0.6 is 0 Å². The largest absolute Gasteiger partial charge is 0.478 e. The molecule has 274 valence electrons. The Morgan fingerprint density at radius 2 is 0.981 bits per heavy atom. The fraction of sp³-hybridized carbons (Fsp3) is 0.0857. The van der Waals surface area contributed by atoms with Gasteiger partial charge in [-0.3, -0.25) is 14.4 Å². The van der Waals surface area contributed by atoms with Gasteiger partial charge in [0.05, 0.1) is 33.4 Å². The molecule has 0 atom stereocenters. The Hall–Kier alpha value is -6.98. The van der Waals surface area contributed by atoms with Gasteiger partial charge in [-0.1, -0.05) is 24.3 Å². The predicted molar refractivity (Wildman–Crippen MR) is 174 cm³/mol. The molecule has 3 amide bonds. The second-order valence-corrected chi connectivity index (χ2v) is 10.8. The van der Waals surface area contributed by atoms with E-state index < -0.39 is 92.7 Å². The third-order valence-corrected chi connectivity index (χ3v) is 7.39. The summed E-state index contributed by atoms with van der Waals surface area (Å²) in [7, 11) is 1.25. The van der Waals surface area contributed by atoms with E-state index in [9.17, 15) is 65.3 Å². The highest BCUT2D eigenvalue weighted by Gasteiger charge is 2.39. The lowest BCUT2D eigenvalue weighted by atomic mass is 9.93. The lowest BCUT2D eigenvalue weighted by Crippen LogP contribution is -2.21. The summed E-state index contributed by atoms with van der Waals surface area (Å²) in [5.41, 5.74) is -7.84. The van der Waals surface area contributed by atoms with Gasteiger partial charge >= 0.3 is 30.3 Å². The number of carbonyl (C=O) groups is 6. The van der Waals surface area contributed by atoms with E-state index >= 15 is 0 Å². The Balaban J connectivity index is 1.76. The average Bonchev–Trinajstić information content (AvgIpc) is 3.09. The van der Waals surface area contributed by atoms with E-state index in [2.05, 4.69) is 10.6 Å². The number of nitrogens with one attached hydrogen (secondary N) is 3. The van der Waals surface area contributed by atoms with Crippen LogP contribution in [-0.4, -0.2) is 58.0 Å².